The van der Waals surface area contributed by atoms with Crippen molar-refractivity contribution in [3.8, 4) is 5.75 Å². The lowest BCUT2D eigenvalue weighted by atomic mass is 9.98. The summed E-state index contributed by atoms with van der Waals surface area (Å²) in [5, 5.41) is 1.02. The summed E-state index contributed by atoms with van der Waals surface area (Å²) in [7, 11) is 0. The van der Waals surface area contributed by atoms with Gasteiger partial charge in [0, 0.05) is 35.2 Å². The lowest BCUT2D eigenvalue weighted by Gasteiger charge is -2.30. The molecule has 0 saturated heterocycles. The maximum atomic E-state index is 12.3. The summed E-state index contributed by atoms with van der Waals surface area (Å²) in [6.45, 7) is 10.3. The van der Waals surface area contributed by atoms with Crippen LogP contribution in [0, 0.1) is 20.8 Å². The van der Waals surface area contributed by atoms with Crippen LogP contribution >= 0.6 is 0 Å². The first-order chi connectivity index (χ1) is 13.0. The van der Waals surface area contributed by atoms with Crippen molar-refractivity contribution in [1.29, 1.82) is 0 Å². The molecule has 27 heavy (non-hydrogen) atoms. The molecule has 4 rings (SSSR count). The predicted octanol–water partition coefficient (Wildman–Crippen LogP) is 4.63. The molecule has 0 atom stereocenters. The maximum Gasteiger partial charge on any atom is 0.339 e. The Hall–Kier alpha value is -2.59. The Labute approximate surface area is 159 Å². The van der Waals surface area contributed by atoms with Crippen molar-refractivity contribution in [2.75, 3.05) is 6.73 Å². The lowest BCUT2D eigenvalue weighted by molar-refractivity contribution is 0.0881. The molecule has 4 nitrogen and oxygen atoms in total. The number of ether oxygens (including phenoxy) is 1. The molecule has 0 spiro atoms. The molecule has 2 aromatic carbocycles. The Morgan fingerprint density at radius 3 is 2.52 bits per heavy atom. The average Bonchev–Trinajstić information content (AvgIpc) is 2.65. The third-order valence-corrected chi connectivity index (χ3v) is 5.50. The molecule has 0 bridgehead atoms. The number of aryl methyl sites for hydroxylation is 3. The molecule has 1 aliphatic rings. The van der Waals surface area contributed by atoms with E-state index in [0.29, 0.717) is 18.7 Å². The van der Waals surface area contributed by atoms with Gasteiger partial charge in [-0.05, 0) is 44.4 Å². The molecule has 0 N–H and O–H groups in total. The highest BCUT2D eigenvalue weighted by molar-refractivity contribution is 5.87. The van der Waals surface area contributed by atoms with Crippen molar-refractivity contribution in [1.82, 2.24) is 4.90 Å². The number of hydrogen-bond acceptors (Lipinski definition) is 4. The molecule has 0 unspecified atom stereocenters. The third kappa shape index (κ3) is 3.15. The summed E-state index contributed by atoms with van der Waals surface area (Å²) in [4.78, 5) is 14.6. The van der Waals surface area contributed by atoms with E-state index >= 15 is 0 Å². The maximum absolute atomic E-state index is 12.3. The monoisotopic (exact) mass is 363 g/mol. The number of fused-ring (bicyclic) bond motifs is 2. The van der Waals surface area contributed by atoms with Crippen molar-refractivity contribution in [2.24, 2.45) is 0 Å². The van der Waals surface area contributed by atoms with E-state index in [1.165, 1.54) is 11.1 Å². The fraction of sp³-hybridized carbons (Fsp3) is 0.348. The SMILES string of the molecule is CCc1c(C)c2cc3c(c(C)c2oc1=O)OCN(Cc1ccc(C)cc1)C3. The summed E-state index contributed by atoms with van der Waals surface area (Å²) < 4.78 is 11.7. The molecule has 0 fully saturated rings. The van der Waals surface area contributed by atoms with Gasteiger partial charge in [0.15, 0.2) is 0 Å². The molecule has 0 amide bonds. The van der Waals surface area contributed by atoms with Crippen molar-refractivity contribution >= 4 is 11.0 Å². The third-order valence-electron chi connectivity index (χ3n) is 5.50. The zero-order valence-corrected chi connectivity index (χ0v) is 16.4. The molecule has 1 aromatic heterocycles. The van der Waals surface area contributed by atoms with Crippen LogP contribution in [0.1, 0.15) is 40.3 Å². The number of hydrogen-bond donors (Lipinski definition) is 0. The molecule has 140 valence electrons. The van der Waals surface area contributed by atoms with E-state index < -0.39 is 0 Å². The van der Waals surface area contributed by atoms with Gasteiger partial charge in [0.05, 0.1) is 0 Å². The van der Waals surface area contributed by atoms with Gasteiger partial charge in [-0.2, -0.15) is 0 Å². The van der Waals surface area contributed by atoms with E-state index in [-0.39, 0.29) is 5.63 Å². The van der Waals surface area contributed by atoms with E-state index in [1.54, 1.807) is 0 Å². The van der Waals surface area contributed by atoms with Gasteiger partial charge in [0.25, 0.3) is 0 Å². The number of rotatable bonds is 3. The van der Waals surface area contributed by atoms with E-state index in [4.69, 9.17) is 9.15 Å². The smallest absolute Gasteiger partial charge is 0.339 e. The second-order valence-corrected chi connectivity index (χ2v) is 7.46. The van der Waals surface area contributed by atoms with Crippen LogP contribution in [-0.4, -0.2) is 11.6 Å². The van der Waals surface area contributed by atoms with Gasteiger partial charge in [0.1, 0.15) is 18.1 Å². The van der Waals surface area contributed by atoms with Gasteiger partial charge in [-0.15, -0.1) is 0 Å². The summed E-state index contributed by atoms with van der Waals surface area (Å²) in [5.41, 5.74) is 6.81. The topological polar surface area (TPSA) is 42.7 Å². The van der Waals surface area contributed by atoms with Gasteiger partial charge in [0.2, 0.25) is 0 Å². The predicted molar refractivity (Wildman–Crippen MR) is 107 cm³/mol. The average molecular weight is 363 g/mol. The van der Waals surface area contributed by atoms with Crippen molar-refractivity contribution < 1.29 is 9.15 Å². The molecule has 3 aromatic rings. The standard InChI is InChI=1S/C23H25NO3/c1-5-19-15(3)20-10-18-12-24(11-17-8-6-14(2)7-9-17)13-26-21(18)16(4)22(20)27-23(19)25/h6-10H,5,11-13H2,1-4H3. The van der Waals surface area contributed by atoms with E-state index in [2.05, 4.69) is 42.2 Å². The fourth-order valence-corrected chi connectivity index (χ4v) is 3.95. The minimum absolute atomic E-state index is 0.234. The molecule has 0 aliphatic carbocycles. The second kappa shape index (κ2) is 6.86. The summed E-state index contributed by atoms with van der Waals surface area (Å²) >= 11 is 0. The molecular weight excluding hydrogens is 338 g/mol. The Morgan fingerprint density at radius 2 is 1.81 bits per heavy atom. The van der Waals surface area contributed by atoms with Crippen LogP contribution < -0.4 is 10.4 Å². The summed E-state index contributed by atoms with van der Waals surface area (Å²) in [5.74, 6) is 0.856. The normalized spacial score (nSPS) is 14.2. The Bertz CT molecular complexity index is 1060. The van der Waals surface area contributed by atoms with E-state index in [0.717, 1.165) is 46.5 Å². The highest BCUT2D eigenvalue weighted by Gasteiger charge is 2.23. The first-order valence-electron chi connectivity index (χ1n) is 9.47. The van der Waals surface area contributed by atoms with E-state index in [9.17, 15) is 4.79 Å². The highest BCUT2D eigenvalue weighted by Crippen LogP contribution is 2.36. The largest absolute Gasteiger partial charge is 0.477 e. The van der Waals surface area contributed by atoms with Gasteiger partial charge in [-0.1, -0.05) is 36.8 Å². The minimum Gasteiger partial charge on any atom is -0.477 e. The summed E-state index contributed by atoms with van der Waals surface area (Å²) in [6.07, 6.45) is 0.677. The van der Waals surface area contributed by atoms with Crippen molar-refractivity contribution in [2.45, 2.75) is 47.2 Å². The van der Waals surface area contributed by atoms with Crippen LogP contribution in [0.3, 0.4) is 0 Å². The Balaban J connectivity index is 1.72. The van der Waals surface area contributed by atoms with Crippen LogP contribution in [0.4, 0.5) is 0 Å². The molecule has 0 radical (unpaired) electrons. The fourth-order valence-electron chi connectivity index (χ4n) is 3.95. The molecule has 4 heteroatoms. The zero-order chi connectivity index (χ0) is 19.1. The van der Waals surface area contributed by atoms with Gasteiger partial charge >= 0.3 is 5.63 Å². The molecule has 0 saturated carbocycles. The highest BCUT2D eigenvalue weighted by atomic mass is 16.5. The zero-order valence-electron chi connectivity index (χ0n) is 16.4. The molecule has 1 aliphatic heterocycles. The number of benzene rings is 2. The van der Waals surface area contributed by atoms with Gasteiger partial charge in [-0.3, -0.25) is 4.90 Å². The molecular formula is C23H25NO3. The van der Waals surface area contributed by atoms with Crippen molar-refractivity contribution in [3.05, 3.63) is 74.1 Å². The summed E-state index contributed by atoms with van der Waals surface area (Å²) in [6, 6.07) is 10.8. The first-order valence-corrected chi connectivity index (χ1v) is 9.47. The van der Waals surface area contributed by atoms with Crippen LogP contribution in [0.15, 0.2) is 39.5 Å². The van der Waals surface area contributed by atoms with Crippen molar-refractivity contribution in [3.63, 3.8) is 0 Å². The Morgan fingerprint density at radius 1 is 1.07 bits per heavy atom. The lowest BCUT2D eigenvalue weighted by Crippen LogP contribution is -2.32. The van der Waals surface area contributed by atoms with Crippen LogP contribution in [0.2, 0.25) is 0 Å². The minimum atomic E-state index is -0.234. The first kappa shape index (κ1) is 17.8. The van der Waals surface area contributed by atoms with Crippen LogP contribution in [0.25, 0.3) is 11.0 Å². The van der Waals surface area contributed by atoms with Gasteiger partial charge in [-0.25, -0.2) is 4.79 Å². The van der Waals surface area contributed by atoms with Gasteiger partial charge < -0.3 is 9.15 Å². The Kier molecular flexibility index (Phi) is 4.52. The van der Waals surface area contributed by atoms with Crippen LogP contribution in [0.5, 0.6) is 5.75 Å². The quantitative estimate of drug-likeness (QED) is 0.636. The number of nitrogens with zero attached hydrogens (tertiary/aromatic N) is 1. The van der Waals surface area contributed by atoms with E-state index in [1.807, 2.05) is 20.8 Å². The second-order valence-electron chi connectivity index (χ2n) is 7.46. The van der Waals surface area contributed by atoms with Crippen LogP contribution in [-0.2, 0) is 19.5 Å². The molecule has 2 heterocycles.